The van der Waals surface area contributed by atoms with Crippen LogP contribution in [0.5, 0.6) is 0 Å². The smallest absolute Gasteiger partial charge is 0.253 e. The van der Waals surface area contributed by atoms with E-state index in [-0.39, 0.29) is 10.1 Å². The van der Waals surface area contributed by atoms with E-state index in [2.05, 4.69) is 5.32 Å². The Kier molecular flexibility index (Phi) is 5.48. The number of carbonyl (C=O) groups is 1. The molecule has 0 saturated carbocycles. The van der Waals surface area contributed by atoms with Gasteiger partial charge in [-0.15, -0.1) is 11.3 Å². The second-order valence-corrected chi connectivity index (χ2v) is 9.87. The number of thiophene rings is 1. The highest BCUT2D eigenvalue weighted by atomic mass is 35.5. The minimum absolute atomic E-state index is 0.177. The Hall–Kier alpha value is -1.41. The van der Waals surface area contributed by atoms with Crippen LogP contribution < -0.4 is 5.32 Å². The van der Waals surface area contributed by atoms with Gasteiger partial charge in [-0.3, -0.25) is 4.79 Å². The van der Waals surface area contributed by atoms with Crippen molar-refractivity contribution in [1.29, 1.82) is 0 Å². The molecule has 0 unspecified atom stereocenters. The molecule has 1 atom stereocenters. The summed E-state index contributed by atoms with van der Waals surface area (Å²) in [6.07, 6.45) is 1.19. The molecular formula is C17H19ClN2O3S2. The third kappa shape index (κ3) is 4.06. The Morgan fingerprint density at radius 3 is 2.64 bits per heavy atom. The third-order valence-electron chi connectivity index (χ3n) is 4.21. The van der Waals surface area contributed by atoms with Gasteiger partial charge in [0, 0.05) is 13.1 Å². The number of hydrogen-bond donors (Lipinski definition) is 1. The van der Waals surface area contributed by atoms with Crippen molar-refractivity contribution in [2.75, 3.05) is 6.54 Å². The van der Waals surface area contributed by atoms with Crippen molar-refractivity contribution >= 4 is 38.9 Å². The zero-order valence-corrected chi connectivity index (χ0v) is 16.1. The minimum Gasteiger partial charge on any atom is -0.351 e. The van der Waals surface area contributed by atoms with Gasteiger partial charge in [0.25, 0.3) is 10.0 Å². The van der Waals surface area contributed by atoms with E-state index < -0.39 is 16.1 Å². The van der Waals surface area contributed by atoms with Crippen LogP contribution >= 0.6 is 22.9 Å². The lowest BCUT2D eigenvalue weighted by Crippen LogP contribution is -2.45. The van der Waals surface area contributed by atoms with Crippen LogP contribution in [-0.4, -0.2) is 31.2 Å². The van der Waals surface area contributed by atoms with Crippen LogP contribution in [0.15, 0.2) is 40.6 Å². The Labute approximate surface area is 156 Å². The summed E-state index contributed by atoms with van der Waals surface area (Å²) in [6.45, 7) is 2.73. The number of sulfonamides is 1. The van der Waals surface area contributed by atoms with E-state index in [1.807, 2.05) is 31.2 Å². The lowest BCUT2D eigenvalue weighted by Gasteiger charge is -2.22. The van der Waals surface area contributed by atoms with E-state index in [1.165, 1.54) is 10.4 Å². The van der Waals surface area contributed by atoms with Crippen molar-refractivity contribution in [3.8, 4) is 0 Å². The zero-order valence-electron chi connectivity index (χ0n) is 13.7. The Morgan fingerprint density at radius 1 is 1.28 bits per heavy atom. The molecule has 5 nitrogen and oxygen atoms in total. The molecule has 3 rings (SSSR count). The normalized spacial score (nSPS) is 18.4. The highest BCUT2D eigenvalue weighted by molar-refractivity contribution is 7.91. The number of amides is 1. The maximum atomic E-state index is 12.8. The topological polar surface area (TPSA) is 66.5 Å². The molecule has 0 bridgehead atoms. The Balaban J connectivity index is 1.70. The first-order valence-corrected chi connectivity index (χ1v) is 10.6. The summed E-state index contributed by atoms with van der Waals surface area (Å²) < 4.78 is 27.4. The van der Waals surface area contributed by atoms with Gasteiger partial charge in [0.05, 0.1) is 4.34 Å². The van der Waals surface area contributed by atoms with Gasteiger partial charge >= 0.3 is 0 Å². The lowest BCUT2D eigenvalue weighted by molar-refractivity contribution is -0.124. The highest BCUT2D eigenvalue weighted by Gasteiger charge is 2.39. The summed E-state index contributed by atoms with van der Waals surface area (Å²) in [6, 6.07) is 10.2. The van der Waals surface area contributed by atoms with Gasteiger partial charge < -0.3 is 5.32 Å². The highest BCUT2D eigenvalue weighted by Crippen LogP contribution is 2.32. The Bertz CT molecular complexity index is 862. The van der Waals surface area contributed by atoms with Gasteiger partial charge in [-0.25, -0.2) is 8.42 Å². The maximum Gasteiger partial charge on any atom is 0.253 e. The Morgan fingerprint density at radius 2 is 2.00 bits per heavy atom. The van der Waals surface area contributed by atoms with Crippen molar-refractivity contribution in [2.45, 2.75) is 36.6 Å². The van der Waals surface area contributed by atoms with Gasteiger partial charge in [0.2, 0.25) is 5.91 Å². The fourth-order valence-electron chi connectivity index (χ4n) is 2.85. The van der Waals surface area contributed by atoms with Crippen LogP contribution in [0.1, 0.15) is 24.0 Å². The second-order valence-electron chi connectivity index (χ2n) is 6.04. The summed E-state index contributed by atoms with van der Waals surface area (Å²) in [4.78, 5) is 12.5. The molecule has 1 aromatic heterocycles. The molecule has 2 heterocycles. The lowest BCUT2D eigenvalue weighted by atomic mass is 10.1. The second kappa shape index (κ2) is 7.45. The fraction of sp³-hybridized carbons (Fsp3) is 0.353. The number of nitrogens with one attached hydrogen (secondary N) is 1. The quantitative estimate of drug-likeness (QED) is 0.841. The van der Waals surface area contributed by atoms with Crippen molar-refractivity contribution < 1.29 is 13.2 Å². The van der Waals surface area contributed by atoms with E-state index in [1.54, 1.807) is 6.07 Å². The van der Waals surface area contributed by atoms with E-state index in [0.717, 1.165) is 22.5 Å². The molecule has 1 fully saturated rings. The van der Waals surface area contributed by atoms with Crippen molar-refractivity contribution in [3.05, 3.63) is 51.9 Å². The average molecular weight is 399 g/mol. The summed E-state index contributed by atoms with van der Waals surface area (Å²) in [5.74, 6) is -0.260. The molecule has 1 amide bonds. The minimum atomic E-state index is -3.69. The van der Waals surface area contributed by atoms with E-state index in [9.17, 15) is 13.2 Å². The van der Waals surface area contributed by atoms with Crippen molar-refractivity contribution in [2.24, 2.45) is 0 Å². The molecule has 2 aromatic rings. The van der Waals surface area contributed by atoms with Crippen LogP contribution in [0, 0.1) is 6.92 Å². The van der Waals surface area contributed by atoms with Gasteiger partial charge in [-0.2, -0.15) is 4.31 Å². The number of hydrogen-bond acceptors (Lipinski definition) is 4. The number of carbonyl (C=O) groups excluding carboxylic acids is 1. The average Bonchev–Trinajstić information content (AvgIpc) is 3.23. The van der Waals surface area contributed by atoms with Gasteiger partial charge in [0.15, 0.2) is 0 Å². The third-order valence-corrected chi connectivity index (χ3v) is 7.81. The first kappa shape index (κ1) is 18.4. The molecule has 0 aliphatic carbocycles. The monoisotopic (exact) mass is 398 g/mol. The molecule has 134 valence electrons. The predicted molar refractivity (Wildman–Crippen MR) is 99.3 cm³/mol. The molecule has 1 saturated heterocycles. The predicted octanol–water partition coefficient (Wildman–Crippen LogP) is 3.18. The molecule has 1 aromatic carbocycles. The molecule has 0 radical (unpaired) electrons. The first-order chi connectivity index (χ1) is 11.9. The van der Waals surface area contributed by atoms with Crippen LogP contribution in [0.3, 0.4) is 0 Å². The summed E-state index contributed by atoms with van der Waals surface area (Å²) >= 11 is 6.87. The molecule has 8 heteroatoms. The summed E-state index contributed by atoms with van der Waals surface area (Å²) in [5.41, 5.74) is 2.13. The number of benzene rings is 1. The van der Waals surface area contributed by atoms with Gasteiger partial charge in [-0.05, 0) is 37.5 Å². The van der Waals surface area contributed by atoms with E-state index >= 15 is 0 Å². The molecule has 1 aliphatic rings. The standard InChI is InChI=1S/C17H19ClN2O3S2/c1-12-4-6-13(7-5-12)11-19-17(21)14-3-2-10-20(14)25(22,23)16-9-8-15(18)24-16/h4-9,14H,2-3,10-11H2,1H3,(H,19,21)/t14-/m1/s1. The molecule has 1 N–H and O–H groups in total. The fourth-order valence-corrected chi connectivity index (χ4v) is 6.12. The molecule has 0 spiro atoms. The first-order valence-electron chi connectivity index (χ1n) is 7.98. The molecule has 25 heavy (non-hydrogen) atoms. The molecule has 1 aliphatic heterocycles. The van der Waals surface area contributed by atoms with Crippen LogP contribution in [0.25, 0.3) is 0 Å². The van der Waals surface area contributed by atoms with E-state index in [4.69, 9.17) is 11.6 Å². The summed E-state index contributed by atoms with van der Waals surface area (Å²) in [5, 5.41) is 2.85. The number of halogens is 1. The van der Waals surface area contributed by atoms with E-state index in [0.29, 0.717) is 30.3 Å². The largest absolute Gasteiger partial charge is 0.351 e. The maximum absolute atomic E-state index is 12.8. The molecular weight excluding hydrogens is 380 g/mol. The van der Waals surface area contributed by atoms with Gasteiger partial charge in [-0.1, -0.05) is 41.4 Å². The van der Waals surface area contributed by atoms with Crippen LogP contribution in [0.4, 0.5) is 0 Å². The van der Waals surface area contributed by atoms with Crippen LogP contribution in [0.2, 0.25) is 4.34 Å². The van der Waals surface area contributed by atoms with Gasteiger partial charge in [0.1, 0.15) is 10.3 Å². The number of rotatable bonds is 5. The number of aryl methyl sites for hydroxylation is 1. The van der Waals surface area contributed by atoms with Crippen molar-refractivity contribution in [3.63, 3.8) is 0 Å². The van der Waals surface area contributed by atoms with Crippen molar-refractivity contribution in [1.82, 2.24) is 9.62 Å². The summed E-state index contributed by atoms with van der Waals surface area (Å²) in [7, 11) is -3.69. The zero-order chi connectivity index (χ0) is 18.0. The van der Waals surface area contributed by atoms with Crippen LogP contribution in [-0.2, 0) is 21.4 Å². The number of nitrogens with zero attached hydrogens (tertiary/aromatic N) is 1. The SMILES string of the molecule is Cc1ccc(CNC(=O)[C@H]2CCCN2S(=O)(=O)c2ccc(Cl)s2)cc1.